The average molecular weight is 490 g/mol. The van der Waals surface area contributed by atoms with Crippen molar-refractivity contribution in [3.63, 3.8) is 0 Å². The van der Waals surface area contributed by atoms with Crippen LogP contribution >= 0.6 is 0 Å². The molecule has 34 heavy (non-hydrogen) atoms. The summed E-state index contributed by atoms with van der Waals surface area (Å²) in [5.41, 5.74) is 1.20. The number of rotatable bonds is 5. The quantitative estimate of drug-likeness (QED) is 0.680. The number of nitrogens with one attached hydrogen (secondary N) is 1. The molecule has 3 fully saturated rings. The summed E-state index contributed by atoms with van der Waals surface area (Å²) < 4.78 is 28.8. The van der Waals surface area contributed by atoms with Gasteiger partial charge in [0.2, 0.25) is 15.9 Å². The van der Waals surface area contributed by atoms with Crippen LogP contribution in [0.1, 0.15) is 86.6 Å². The van der Waals surface area contributed by atoms with Crippen LogP contribution in [0.15, 0.2) is 23.1 Å². The highest BCUT2D eigenvalue weighted by molar-refractivity contribution is 7.89. The first-order valence-corrected chi connectivity index (χ1v) is 14.5. The van der Waals surface area contributed by atoms with E-state index in [0.717, 1.165) is 63.6 Å². The fourth-order valence-electron chi connectivity index (χ4n) is 5.56. The third kappa shape index (κ3) is 6.00. The normalized spacial score (nSPS) is 21.3. The molecule has 8 heteroatoms. The predicted octanol–water partition coefficient (Wildman–Crippen LogP) is 3.86. The summed E-state index contributed by atoms with van der Waals surface area (Å²) in [6.45, 7) is 4.61. The minimum absolute atomic E-state index is 0.0188. The lowest BCUT2D eigenvalue weighted by Crippen LogP contribution is -2.44. The number of hydrogen-bond donors (Lipinski definition) is 1. The van der Waals surface area contributed by atoms with Gasteiger partial charge in [0.1, 0.15) is 0 Å². The number of amides is 2. The zero-order chi connectivity index (χ0) is 24.1. The molecule has 7 nitrogen and oxygen atoms in total. The van der Waals surface area contributed by atoms with Crippen LogP contribution in [0.3, 0.4) is 0 Å². The Balaban J connectivity index is 1.39. The fourth-order valence-corrected chi connectivity index (χ4v) is 6.89. The van der Waals surface area contributed by atoms with Gasteiger partial charge in [-0.1, -0.05) is 38.2 Å². The van der Waals surface area contributed by atoms with Crippen LogP contribution < -0.4 is 4.72 Å². The van der Waals surface area contributed by atoms with E-state index < -0.39 is 10.0 Å². The molecule has 0 bridgehead atoms. The van der Waals surface area contributed by atoms with E-state index in [4.69, 9.17) is 0 Å². The van der Waals surface area contributed by atoms with Crippen LogP contribution in [0.4, 0.5) is 0 Å². The van der Waals surface area contributed by atoms with Gasteiger partial charge in [0.15, 0.2) is 0 Å². The van der Waals surface area contributed by atoms with Crippen LogP contribution in [0.2, 0.25) is 0 Å². The molecule has 1 aromatic carbocycles. The van der Waals surface area contributed by atoms with Crippen molar-refractivity contribution in [1.82, 2.24) is 14.5 Å². The molecule has 188 valence electrons. The summed E-state index contributed by atoms with van der Waals surface area (Å²) in [7, 11) is -3.67. The Labute approximate surface area is 204 Å². The minimum atomic E-state index is -3.67. The summed E-state index contributed by atoms with van der Waals surface area (Å²) in [5, 5.41) is 0. The Morgan fingerprint density at radius 1 is 0.824 bits per heavy atom. The Bertz CT molecular complexity index is 972. The summed E-state index contributed by atoms with van der Waals surface area (Å²) in [6.07, 6.45) is 10.9. The molecule has 2 aliphatic heterocycles. The van der Waals surface area contributed by atoms with E-state index in [1.165, 1.54) is 18.9 Å². The molecule has 2 saturated heterocycles. The topological polar surface area (TPSA) is 86.8 Å². The van der Waals surface area contributed by atoms with Crippen molar-refractivity contribution in [2.45, 2.75) is 88.5 Å². The lowest BCUT2D eigenvalue weighted by molar-refractivity contribution is -0.136. The maximum absolute atomic E-state index is 13.3. The zero-order valence-electron chi connectivity index (χ0n) is 20.4. The maximum Gasteiger partial charge on any atom is 0.254 e. The van der Waals surface area contributed by atoms with Crippen molar-refractivity contribution >= 4 is 21.8 Å². The standard InChI is InChI=1S/C26H39N3O4S/c1-20-11-12-23(34(32,33)27-22-9-5-4-6-10-22)19-24(20)26(31)29-17-13-21(14-18-29)25(30)28-15-7-2-3-8-16-28/h11-12,19,21-22,27H,2-10,13-18H2,1H3. The van der Waals surface area contributed by atoms with Gasteiger partial charge in [-0.2, -0.15) is 0 Å². The van der Waals surface area contributed by atoms with E-state index >= 15 is 0 Å². The Kier molecular flexibility index (Phi) is 8.30. The number of carbonyl (C=O) groups is 2. The van der Waals surface area contributed by atoms with Crippen LogP contribution in [0.25, 0.3) is 0 Å². The van der Waals surface area contributed by atoms with Gasteiger partial charge in [0.25, 0.3) is 5.91 Å². The average Bonchev–Trinajstić information content (AvgIpc) is 3.13. The highest BCUT2D eigenvalue weighted by atomic mass is 32.2. The van der Waals surface area contributed by atoms with Crippen molar-refractivity contribution in [1.29, 1.82) is 0 Å². The highest BCUT2D eigenvalue weighted by Gasteiger charge is 2.32. The van der Waals surface area contributed by atoms with Crippen LogP contribution in [0, 0.1) is 12.8 Å². The second kappa shape index (κ2) is 11.2. The molecule has 0 radical (unpaired) electrons. The first-order valence-electron chi connectivity index (χ1n) is 13.1. The first kappa shape index (κ1) is 25.2. The molecule has 1 saturated carbocycles. The summed E-state index contributed by atoms with van der Waals surface area (Å²) in [4.78, 5) is 30.3. The van der Waals surface area contributed by atoms with Gasteiger partial charge < -0.3 is 9.80 Å². The lowest BCUT2D eigenvalue weighted by Gasteiger charge is -2.34. The van der Waals surface area contributed by atoms with Crippen molar-refractivity contribution in [3.8, 4) is 0 Å². The number of likely N-dealkylation sites (tertiary alicyclic amines) is 2. The van der Waals surface area contributed by atoms with Crippen molar-refractivity contribution in [2.24, 2.45) is 5.92 Å². The SMILES string of the molecule is Cc1ccc(S(=O)(=O)NC2CCCCC2)cc1C(=O)N1CCC(C(=O)N2CCCCCC2)CC1. The molecule has 2 amide bonds. The fraction of sp³-hybridized carbons (Fsp3) is 0.692. The minimum Gasteiger partial charge on any atom is -0.342 e. The van der Waals surface area contributed by atoms with Crippen LogP contribution in [-0.2, 0) is 14.8 Å². The molecule has 4 rings (SSSR count). The van der Waals surface area contributed by atoms with E-state index in [0.29, 0.717) is 31.5 Å². The van der Waals surface area contributed by atoms with E-state index in [1.54, 1.807) is 17.0 Å². The van der Waals surface area contributed by atoms with Crippen molar-refractivity contribution in [3.05, 3.63) is 29.3 Å². The summed E-state index contributed by atoms with van der Waals surface area (Å²) in [6, 6.07) is 4.80. The van der Waals surface area contributed by atoms with E-state index in [9.17, 15) is 18.0 Å². The molecular weight excluding hydrogens is 450 g/mol. The number of sulfonamides is 1. The third-order valence-electron chi connectivity index (χ3n) is 7.73. The molecule has 1 aromatic rings. The summed E-state index contributed by atoms with van der Waals surface area (Å²) >= 11 is 0. The van der Waals surface area contributed by atoms with Crippen LogP contribution in [0.5, 0.6) is 0 Å². The molecule has 1 aliphatic carbocycles. The van der Waals surface area contributed by atoms with Gasteiger partial charge in [-0.3, -0.25) is 9.59 Å². The summed E-state index contributed by atoms with van der Waals surface area (Å²) in [5.74, 6) is 0.0783. The van der Waals surface area contributed by atoms with Crippen molar-refractivity contribution in [2.75, 3.05) is 26.2 Å². The number of nitrogens with zero attached hydrogens (tertiary/aromatic N) is 2. The highest BCUT2D eigenvalue weighted by Crippen LogP contribution is 2.25. The largest absolute Gasteiger partial charge is 0.342 e. The van der Waals surface area contributed by atoms with Gasteiger partial charge in [-0.15, -0.1) is 0 Å². The molecule has 0 atom stereocenters. The maximum atomic E-state index is 13.3. The van der Waals surface area contributed by atoms with Crippen molar-refractivity contribution < 1.29 is 18.0 Å². The number of aryl methyl sites for hydroxylation is 1. The Morgan fingerprint density at radius 2 is 1.44 bits per heavy atom. The molecule has 0 aromatic heterocycles. The Hall–Kier alpha value is -1.93. The molecule has 1 N–H and O–H groups in total. The Morgan fingerprint density at radius 3 is 2.09 bits per heavy atom. The lowest BCUT2D eigenvalue weighted by atomic mass is 9.94. The monoisotopic (exact) mass is 489 g/mol. The number of benzene rings is 1. The molecule has 2 heterocycles. The first-order chi connectivity index (χ1) is 16.3. The van der Waals surface area contributed by atoms with Gasteiger partial charge in [-0.25, -0.2) is 13.1 Å². The van der Waals surface area contributed by atoms with Crippen LogP contribution in [-0.4, -0.2) is 62.3 Å². The molecule has 0 spiro atoms. The van der Waals surface area contributed by atoms with E-state index in [1.807, 2.05) is 11.8 Å². The smallest absolute Gasteiger partial charge is 0.254 e. The van der Waals surface area contributed by atoms with E-state index in [-0.39, 0.29) is 28.7 Å². The number of piperidine rings is 1. The molecular formula is C26H39N3O4S. The molecule has 3 aliphatic rings. The molecule has 0 unspecified atom stereocenters. The van der Waals surface area contributed by atoms with E-state index in [2.05, 4.69) is 4.72 Å². The predicted molar refractivity (Wildman–Crippen MR) is 132 cm³/mol. The van der Waals surface area contributed by atoms with Gasteiger partial charge in [0.05, 0.1) is 4.90 Å². The van der Waals surface area contributed by atoms with Gasteiger partial charge >= 0.3 is 0 Å². The van der Waals surface area contributed by atoms with Gasteiger partial charge in [-0.05, 0) is 63.1 Å². The number of hydrogen-bond acceptors (Lipinski definition) is 4. The zero-order valence-corrected chi connectivity index (χ0v) is 21.2. The van der Waals surface area contributed by atoms with Gasteiger partial charge in [0, 0.05) is 43.7 Å². The second-order valence-corrected chi connectivity index (χ2v) is 12.0. The second-order valence-electron chi connectivity index (χ2n) is 10.2. The number of carbonyl (C=O) groups excluding carboxylic acids is 2. The third-order valence-corrected chi connectivity index (χ3v) is 9.24.